The summed E-state index contributed by atoms with van der Waals surface area (Å²) in [6.07, 6.45) is 14.0. The molecular formula is C92H56B4Br4F16Fe4N24. The van der Waals surface area contributed by atoms with Crippen molar-refractivity contribution in [3.05, 3.63) is 359 Å². The third kappa shape index (κ3) is 34.3. The summed E-state index contributed by atoms with van der Waals surface area (Å²) in [4.78, 5) is 72.7. The van der Waals surface area contributed by atoms with Gasteiger partial charge in [0.05, 0.1) is 159 Å². The Morgan fingerprint density at radius 3 is 0.389 bits per heavy atom. The van der Waals surface area contributed by atoms with Gasteiger partial charge in [-0.25, -0.2) is 39.9 Å². The topological polar surface area (TPSA) is 314 Å². The summed E-state index contributed by atoms with van der Waals surface area (Å²) in [5.74, 6) is 0. The first-order valence-electron chi connectivity index (χ1n) is 40.5. The molecule has 0 amide bonds. The van der Waals surface area contributed by atoms with E-state index in [0.717, 1.165) is 109 Å². The molecule has 20 rings (SSSR count). The number of hydrogen-bond donors (Lipinski definition) is 0. The van der Waals surface area contributed by atoms with Crippen LogP contribution in [0.4, 0.5) is 69.1 Å². The largest absolute Gasteiger partial charge is 2.00 e. The number of pyridine rings is 16. The zero-order valence-electron chi connectivity index (χ0n) is 72.3. The molecule has 52 heteroatoms. The van der Waals surface area contributed by atoms with E-state index in [1.807, 2.05) is 291 Å². The summed E-state index contributed by atoms with van der Waals surface area (Å²) in [7, 11) is -24.0. The Morgan fingerprint density at radius 1 is 0.153 bits per heavy atom. The molecule has 0 aliphatic heterocycles. The van der Waals surface area contributed by atoms with Gasteiger partial charge in [-0.1, -0.05) is 120 Å². The first-order chi connectivity index (χ1) is 67.2. The number of aromatic nitrogens is 24. The van der Waals surface area contributed by atoms with Gasteiger partial charge in [0.15, 0.2) is 0 Å². The standard InChI is InChI=1S/4C23H14BrN6.4BF4.4Fe/c4*24-21-22(19-11-5-9-17(27-19)15-7-1-3-13-25-15)29-30-23(21)20-12-6-10-18(28-20)16-8-2-4-14-26-16;4*2-1(3,4)5;;;;/h4*1-14H;;;;;;;;/q8*-1;4*+2. The van der Waals surface area contributed by atoms with Crippen LogP contribution in [0.2, 0.25) is 0 Å². The second-order valence-corrected chi connectivity index (χ2v) is 31.0. The molecule has 0 aliphatic rings. The molecule has 728 valence electrons. The van der Waals surface area contributed by atoms with Crippen molar-refractivity contribution < 1.29 is 137 Å². The minimum absolute atomic E-state index is 0. The molecule has 0 saturated carbocycles. The molecule has 0 radical (unpaired) electrons. The molecule has 0 aliphatic carbocycles. The van der Waals surface area contributed by atoms with Gasteiger partial charge < -0.3 is 110 Å². The van der Waals surface area contributed by atoms with E-state index in [0.29, 0.717) is 91.1 Å². The molecule has 144 heavy (non-hydrogen) atoms. The molecular weight excluding hydrogens is 2330 g/mol. The maximum Gasteiger partial charge on any atom is 2.00 e. The molecule has 0 aromatic carbocycles. The molecule has 0 bridgehead atoms. The van der Waals surface area contributed by atoms with Gasteiger partial charge in [0, 0.05) is 67.5 Å². The smallest absolute Gasteiger partial charge is 0.572 e. The van der Waals surface area contributed by atoms with Gasteiger partial charge >= 0.3 is 97.3 Å². The molecule has 0 fully saturated rings. The van der Waals surface area contributed by atoms with E-state index in [-0.39, 0.29) is 68.3 Å². The maximum atomic E-state index is 9.75. The fraction of sp³-hybridized carbons (Fsp3) is 0. The van der Waals surface area contributed by atoms with Crippen molar-refractivity contribution in [2.75, 3.05) is 0 Å². The monoisotopic (exact) mass is 2380 g/mol. The van der Waals surface area contributed by atoms with Crippen molar-refractivity contribution in [2.45, 2.75) is 0 Å². The quantitative estimate of drug-likeness (QED) is 0.0641. The van der Waals surface area contributed by atoms with Crippen LogP contribution >= 0.6 is 63.7 Å². The predicted octanol–water partition coefficient (Wildman–Crippen LogP) is 25.4. The van der Waals surface area contributed by atoms with Crippen molar-refractivity contribution in [2.24, 2.45) is 0 Å². The Balaban J connectivity index is 0.000000199. The zero-order chi connectivity index (χ0) is 99.4. The second-order valence-electron chi connectivity index (χ2n) is 27.8. The van der Waals surface area contributed by atoms with Crippen LogP contribution in [0.3, 0.4) is 0 Å². The third-order valence-corrected chi connectivity index (χ3v) is 21.0. The molecule has 0 unspecified atom stereocenters. The zero-order valence-corrected chi connectivity index (χ0v) is 83.1. The van der Waals surface area contributed by atoms with Crippen LogP contribution in [0.15, 0.2) is 359 Å². The SMILES string of the molecule is Brc1c(-c2cccc(-c3ccccn3)n2)n[n-]c1-c1cccc(-c2ccccn2)n1.Brc1c(-c2cccc(-c3ccccn3)n2)n[n-]c1-c1cccc(-c2ccccn2)n1.Brc1c(-c2cccc(-c3ccccn3)n2)n[n-]c1-c1cccc(-c2ccccn2)n1.Brc1c(-c2cccc(-c3ccccn3)n2)n[n-]c1-c1cccc(-c2ccccn2)n1.F[B-](F)(F)F.F[B-](F)(F)F.F[B-](F)(F)F.F[B-](F)(F)F.[Fe+2].[Fe+2].[Fe+2].[Fe+2]. The van der Waals surface area contributed by atoms with Crippen LogP contribution in [0.1, 0.15) is 0 Å². The molecule has 20 heterocycles. The fourth-order valence-electron chi connectivity index (χ4n) is 12.3. The summed E-state index contributed by atoms with van der Waals surface area (Å²) in [5.41, 5.74) is 23.6. The summed E-state index contributed by atoms with van der Waals surface area (Å²) in [6.45, 7) is 0. The van der Waals surface area contributed by atoms with Gasteiger partial charge in [-0.05, 0) is 258 Å². The molecule has 24 nitrogen and oxygen atoms in total. The van der Waals surface area contributed by atoms with E-state index in [2.05, 4.69) is 144 Å². The van der Waals surface area contributed by atoms with E-state index >= 15 is 0 Å². The summed E-state index contributed by atoms with van der Waals surface area (Å²) >= 11 is 14.6. The number of hydrogen-bond acceptors (Lipinski definition) is 20. The van der Waals surface area contributed by atoms with Crippen molar-refractivity contribution >= 4 is 92.7 Å². The van der Waals surface area contributed by atoms with Crippen LogP contribution in [-0.4, -0.2) is 129 Å². The van der Waals surface area contributed by atoms with Gasteiger partial charge in [-0.15, -0.1) is 0 Å². The summed E-state index contributed by atoms with van der Waals surface area (Å²) in [6, 6.07) is 92.1. The molecule has 0 saturated heterocycles. The number of nitrogens with zero attached hydrogens (tertiary/aromatic N) is 24. The average Bonchev–Trinajstić information content (AvgIpc) is 1.64. The van der Waals surface area contributed by atoms with Crippen LogP contribution in [0.5, 0.6) is 0 Å². The van der Waals surface area contributed by atoms with Gasteiger partial charge in [-0.3, -0.25) is 39.9 Å². The van der Waals surface area contributed by atoms with Crippen molar-refractivity contribution in [1.29, 1.82) is 0 Å². The summed E-state index contributed by atoms with van der Waals surface area (Å²) in [5, 5.41) is 34.9. The van der Waals surface area contributed by atoms with Crippen LogP contribution in [0, 0.1) is 0 Å². The van der Waals surface area contributed by atoms with E-state index in [1.54, 1.807) is 49.6 Å². The third-order valence-electron chi connectivity index (χ3n) is 18.0. The van der Waals surface area contributed by atoms with Gasteiger partial charge in [-0.2, -0.15) is 0 Å². The molecule has 0 N–H and O–H groups in total. The Kier molecular flexibility index (Phi) is 42.9. The Hall–Kier alpha value is -13.6. The molecule has 20 aromatic rings. The molecule has 20 aromatic heterocycles. The second kappa shape index (κ2) is 54.2. The first-order valence-corrected chi connectivity index (χ1v) is 43.7. The number of rotatable bonds is 16. The van der Waals surface area contributed by atoms with E-state index < -0.39 is 29.0 Å². The normalized spacial score (nSPS) is 10.7. The van der Waals surface area contributed by atoms with Gasteiger partial charge in [0.1, 0.15) is 0 Å². The van der Waals surface area contributed by atoms with Gasteiger partial charge in [0.2, 0.25) is 0 Å². The maximum absolute atomic E-state index is 9.75. The van der Waals surface area contributed by atoms with Crippen LogP contribution in [0.25, 0.3) is 182 Å². The minimum atomic E-state index is -6.00. The average molecular weight is 2390 g/mol. The Morgan fingerprint density at radius 2 is 0.264 bits per heavy atom. The Labute approximate surface area is 884 Å². The molecule has 0 spiro atoms. The Bertz CT molecular complexity index is 6130. The van der Waals surface area contributed by atoms with Crippen molar-refractivity contribution in [1.82, 2.24) is 121 Å². The van der Waals surface area contributed by atoms with Crippen molar-refractivity contribution in [3.8, 4) is 182 Å². The fourth-order valence-corrected chi connectivity index (χ4v) is 14.6. The summed E-state index contributed by atoms with van der Waals surface area (Å²) < 4.78 is 159. The molecule has 0 atom stereocenters. The van der Waals surface area contributed by atoms with Gasteiger partial charge in [0.25, 0.3) is 0 Å². The number of halogens is 20. The van der Waals surface area contributed by atoms with Crippen LogP contribution < -0.4 is 20.4 Å². The van der Waals surface area contributed by atoms with Crippen molar-refractivity contribution in [3.63, 3.8) is 0 Å². The first kappa shape index (κ1) is 114. The minimum Gasteiger partial charge on any atom is -0.572 e. The van der Waals surface area contributed by atoms with E-state index in [1.165, 1.54) is 0 Å². The van der Waals surface area contributed by atoms with E-state index in [4.69, 9.17) is 39.9 Å². The van der Waals surface area contributed by atoms with Crippen LogP contribution in [-0.2, 0) is 68.3 Å². The predicted molar refractivity (Wildman–Crippen MR) is 513 cm³/mol. The van der Waals surface area contributed by atoms with E-state index in [9.17, 15) is 69.1 Å².